The molecule has 1 aliphatic carbocycles. The lowest BCUT2D eigenvalue weighted by molar-refractivity contribution is 0.0715. The zero-order chi connectivity index (χ0) is 14.9. The number of nitrogens with zero attached hydrogens (tertiary/aromatic N) is 5. The first kappa shape index (κ1) is 13.5. The molecule has 0 aromatic carbocycles. The highest BCUT2D eigenvalue weighted by Crippen LogP contribution is 2.35. The molecule has 2 aromatic heterocycles. The van der Waals surface area contributed by atoms with E-state index >= 15 is 0 Å². The van der Waals surface area contributed by atoms with E-state index < -0.39 is 0 Å². The first-order valence-corrected chi connectivity index (χ1v) is 7.92. The Kier molecular flexibility index (Phi) is 3.40. The van der Waals surface area contributed by atoms with Crippen LogP contribution in [0.4, 0.5) is 0 Å². The third-order valence-corrected chi connectivity index (χ3v) is 4.70. The number of amides is 1. The maximum absolute atomic E-state index is 12.7. The third kappa shape index (κ3) is 2.40. The summed E-state index contributed by atoms with van der Waals surface area (Å²) in [6, 6.07) is 0.151. The molecule has 2 aliphatic rings. The van der Waals surface area contributed by atoms with Crippen LogP contribution >= 0.6 is 0 Å². The molecule has 1 saturated heterocycles. The van der Waals surface area contributed by atoms with E-state index in [0.717, 1.165) is 38.1 Å². The average molecular weight is 301 g/mol. The molecule has 1 aliphatic heterocycles. The van der Waals surface area contributed by atoms with Crippen LogP contribution in [0, 0.1) is 0 Å². The first-order chi connectivity index (χ1) is 10.8. The second-order valence-electron chi connectivity index (χ2n) is 6.12. The first-order valence-electron chi connectivity index (χ1n) is 7.92. The summed E-state index contributed by atoms with van der Waals surface area (Å²) < 4.78 is 7.28. The Balaban J connectivity index is 1.47. The number of likely N-dealkylation sites (tertiary alicyclic amines) is 1. The van der Waals surface area contributed by atoms with Gasteiger partial charge in [0.1, 0.15) is 6.26 Å². The van der Waals surface area contributed by atoms with E-state index in [-0.39, 0.29) is 11.9 Å². The van der Waals surface area contributed by atoms with Gasteiger partial charge in [-0.1, -0.05) is 11.6 Å². The molecule has 7 heteroatoms. The topological polar surface area (TPSA) is 77.0 Å². The van der Waals surface area contributed by atoms with Crippen molar-refractivity contribution < 1.29 is 9.21 Å². The average Bonchev–Trinajstić information content (AvgIpc) is 3.17. The highest BCUT2D eigenvalue weighted by Gasteiger charge is 2.32. The fraction of sp³-hybridized carbons (Fsp3) is 0.600. The van der Waals surface area contributed by atoms with Gasteiger partial charge in [-0.15, -0.1) is 5.10 Å². The van der Waals surface area contributed by atoms with Crippen molar-refractivity contribution in [2.24, 2.45) is 0 Å². The molecular formula is C15H19N5O2. The van der Waals surface area contributed by atoms with E-state index in [0.29, 0.717) is 18.2 Å². The van der Waals surface area contributed by atoms with Crippen molar-refractivity contribution in [3.8, 4) is 0 Å². The molecule has 0 radical (unpaired) electrons. The minimum Gasteiger partial charge on any atom is -0.448 e. The molecule has 0 spiro atoms. The van der Waals surface area contributed by atoms with Crippen molar-refractivity contribution in [1.29, 1.82) is 0 Å². The van der Waals surface area contributed by atoms with Gasteiger partial charge in [-0.25, -0.2) is 4.98 Å². The molecule has 0 bridgehead atoms. The summed E-state index contributed by atoms with van der Waals surface area (Å²) in [6.45, 7) is 1.45. The van der Waals surface area contributed by atoms with Gasteiger partial charge in [0.2, 0.25) is 0 Å². The molecule has 2 fully saturated rings. The Bertz CT molecular complexity index is 647. The predicted molar refractivity (Wildman–Crippen MR) is 77.2 cm³/mol. The van der Waals surface area contributed by atoms with Crippen LogP contribution in [-0.4, -0.2) is 43.4 Å². The quantitative estimate of drug-likeness (QED) is 0.861. The normalized spacial score (nSPS) is 22.0. The van der Waals surface area contributed by atoms with Crippen LogP contribution in [-0.2, 0) is 6.54 Å². The Morgan fingerprint density at radius 1 is 1.32 bits per heavy atom. The SMILES string of the molecule is O=C(c1coc(C2CCC2)n1)N1CCC[C@H]1Cn1ccnn1. The number of carbonyl (C=O) groups excluding carboxylic acids is 1. The monoisotopic (exact) mass is 301 g/mol. The second-order valence-corrected chi connectivity index (χ2v) is 6.12. The van der Waals surface area contributed by atoms with E-state index in [1.165, 1.54) is 12.7 Å². The molecule has 3 heterocycles. The summed E-state index contributed by atoms with van der Waals surface area (Å²) >= 11 is 0. The van der Waals surface area contributed by atoms with Gasteiger partial charge < -0.3 is 9.32 Å². The van der Waals surface area contributed by atoms with Gasteiger partial charge in [-0.3, -0.25) is 9.48 Å². The van der Waals surface area contributed by atoms with Crippen LogP contribution < -0.4 is 0 Å². The van der Waals surface area contributed by atoms with Gasteiger partial charge in [0.15, 0.2) is 11.6 Å². The smallest absolute Gasteiger partial charge is 0.276 e. The van der Waals surface area contributed by atoms with Crippen molar-refractivity contribution in [1.82, 2.24) is 24.9 Å². The standard InChI is InChI=1S/C15H19N5O2/c21-15(13-10-22-14(17-13)11-3-1-4-11)20-7-2-5-12(20)9-19-8-6-16-18-19/h6,8,10-12H,1-5,7,9H2/t12-/m0/s1. The number of oxazole rings is 1. The van der Waals surface area contributed by atoms with Gasteiger partial charge in [-0.2, -0.15) is 0 Å². The fourth-order valence-corrected chi connectivity index (χ4v) is 3.21. The Morgan fingerprint density at radius 2 is 2.23 bits per heavy atom. The summed E-state index contributed by atoms with van der Waals surface area (Å²) in [4.78, 5) is 19.0. The van der Waals surface area contributed by atoms with E-state index in [1.807, 2.05) is 11.1 Å². The van der Waals surface area contributed by atoms with Crippen LogP contribution in [0.15, 0.2) is 23.1 Å². The van der Waals surface area contributed by atoms with Crippen LogP contribution in [0.5, 0.6) is 0 Å². The maximum atomic E-state index is 12.7. The maximum Gasteiger partial charge on any atom is 0.276 e. The molecule has 1 saturated carbocycles. The van der Waals surface area contributed by atoms with Crippen LogP contribution in [0.3, 0.4) is 0 Å². The zero-order valence-electron chi connectivity index (χ0n) is 12.4. The molecule has 7 nitrogen and oxygen atoms in total. The lowest BCUT2D eigenvalue weighted by Gasteiger charge is -2.23. The number of carbonyl (C=O) groups is 1. The van der Waals surface area contributed by atoms with Crippen LogP contribution in [0.25, 0.3) is 0 Å². The number of hydrogen-bond donors (Lipinski definition) is 0. The molecule has 0 unspecified atom stereocenters. The van der Waals surface area contributed by atoms with E-state index in [9.17, 15) is 4.79 Å². The van der Waals surface area contributed by atoms with Gasteiger partial charge in [0, 0.05) is 18.7 Å². The molecule has 22 heavy (non-hydrogen) atoms. The lowest BCUT2D eigenvalue weighted by atomic mass is 9.85. The molecule has 1 atom stereocenters. The summed E-state index contributed by atoms with van der Waals surface area (Å²) in [7, 11) is 0. The molecule has 2 aromatic rings. The van der Waals surface area contributed by atoms with Crippen LogP contribution in [0.1, 0.15) is 54.4 Å². The molecule has 1 amide bonds. The van der Waals surface area contributed by atoms with Crippen LogP contribution in [0.2, 0.25) is 0 Å². The third-order valence-electron chi connectivity index (χ3n) is 4.70. The molecule has 0 N–H and O–H groups in total. The van der Waals surface area contributed by atoms with Gasteiger partial charge >= 0.3 is 0 Å². The number of rotatable bonds is 4. The molecule has 116 valence electrons. The summed E-state index contributed by atoms with van der Waals surface area (Å²) in [5, 5.41) is 7.80. The second kappa shape index (κ2) is 5.55. The van der Waals surface area contributed by atoms with Gasteiger partial charge in [0.25, 0.3) is 5.91 Å². The Hall–Kier alpha value is -2.18. The lowest BCUT2D eigenvalue weighted by Crippen LogP contribution is -2.38. The predicted octanol–water partition coefficient (Wildman–Crippen LogP) is 1.84. The summed E-state index contributed by atoms with van der Waals surface area (Å²) in [5.41, 5.74) is 0.437. The highest BCUT2D eigenvalue weighted by molar-refractivity contribution is 5.92. The minimum absolute atomic E-state index is 0.0306. The van der Waals surface area contributed by atoms with Gasteiger partial charge in [0.05, 0.1) is 18.8 Å². The highest BCUT2D eigenvalue weighted by atomic mass is 16.3. The van der Waals surface area contributed by atoms with Crippen molar-refractivity contribution in [2.75, 3.05) is 6.54 Å². The summed E-state index contributed by atoms with van der Waals surface area (Å²) in [5.74, 6) is 1.10. The number of hydrogen-bond acceptors (Lipinski definition) is 5. The van der Waals surface area contributed by atoms with E-state index in [1.54, 1.807) is 10.9 Å². The largest absolute Gasteiger partial charge is 0.448 e. The van der Waals surface area contributed by atoms with E-state index in [4.69, 9.17) is 4.42 Å². The number of aromatic nitrogens is 4. The van der Waals surface area contributed by atoms with Crippen molar-refractivity contribution in [2.45, 2.75) is 50.6 Å². The van der Waals surface area contributed by atoms with Gasteiger partial charge in [-0.05, 0) is 25.7 Å². The van der Waals surface area contributed by atoms with Crippen molar-refractivity contribution in [3.05, 3.63) is 30.2 Å². The Morgan fingerprint density at radius 3 is 2.95 bits per heavy atom. The molecular weight excluding hydrogens is 282 g/mol. The Labute approximate surface area is 128 Å². The minimum atomic E-state index is -0.0306. The molecule has 4 rings (SSSR count). The van der Waals surface area contributed by atoms with Crippen molar-refractivity contribution in [3.63, 3.8) is 0 Å². The fourth-order valence-electron chi connectivity index (χ4n) is 3.21. The zero-order valence-corrected chi connectivity index (χ0v) is 12.4. The summed E-state index contributed by atoms with van der Waals surface area (Å²) in [6.07, 6.45) is 10.5. The van der Waals surface area contributed by atoms with Crippen molar-refractivity contribution >= 4 is 5.91 Å². The van der Waals surface area contributed by atoms with E-state index in [2.05, 4.69) is 15.3 Å².